The summed E-state index contributed by atoms with van der Waals surface area (Å²) in [5, 5.41) is 14.2. The number of aromatic nitrogens is 2. The van der Waals surface area contributed by atoms with Crippen molar-refractivity contribution >= 4 is 17.6 Å². The van der Waals surface area contributed by atoms with Gasteiger partial charge in [0.1, 0.15) is 11.2 Å². The van der Waals surface area contributed by atoms with Crippen LogP contribution >= 0.6 is 0 Å². The number of esters is 1. The maximum atomic E-state index is 12.8. The zero-order chi connectivity index (χ0) is 19.4. The van der Waals surface area contributed by atoms with Gasteiger partial charge < -0.3 is 14.6 Å². The van der Waals surface area contributed by atoms with Gasteiger partial charge in [0.2, 0.25) is 0 Å². The van der Waals surface area contributed by atoms with Gasteiger partial charge in [-0.1, -0.05) is 19.3 Å². The number of methoxy groups -OCH3 is 1. The molecule has 0 saturated heterocycles. The van der Waals surface area contributed by atoms with Crippen molar-refractivity contribution in [2.45, 2.75) is 37.6 Å². The number of nitro benzene ring substituents is 1. The molecule has 2 aromatic rings. The number of nitrogens with zero attached hydrogens (tertiary/aromatic N) is 3. The van der Waals surface area contributed by atoms with Crippen LogP contribution in [0.4, 0.5) is 5.69 Å². The van der Waals surface area contributed by atoms with Crippen molar-refractivity contribution in [3.05, 3.63) is 52.6 Å². The molecule has 0 aliphatic heterocycles. The van der Waals surface area contributed by atoms with Crippen LogP contribution < -0.4 is 5.32 Å². The molecule has 1 aromatic carbocycles. The molecule has 1 saturated carbocycles. The third-order valence-corrected chi connectivity index (χ3v) is 4.85. The van der Waals surface area contributed by atoms with Crippen LogP contribution in [0.3, 0.4) is 0 Å². The Morgan fingerprint density at radius 2 is 2.04 bits per heavy atom. The average molecular weight is 372 g/mol. The Kier molecular flexibility index (Phi) is 5.20. The summed E-state index contributed by atoms with van der Waals surface area (Å²) in [4.78, 5) is 39.8. The van der Waals surface area contributed by atoms with E-state index in [2.05, 4.69) is 10.3 Å². The van der Waals surface area contributed by atoms with Crippen molar-refractivity contribution < 1.29 is 19.2 Å². The smallest absolute Gasteiger partial charge is 0.331 e. The fourth-order valence-electron chi connectivity index (χ4n) is 3.45. The summed E-state index contributed by atoms with van der Waals surface area (Å²) in [7, 11) is 1.29. The average Bonchev–Trinajstić information content (AvgIpc) is 3.22. The predicted molar refractivity (Wildman–Crippen MR) is 95.5 cm³/mol. The maximum absolute atomic E-state index is 12.8. The number of hydrogen-bond donors (Lipinski definition) is 1. The summed E-state index contributed by atoms with van der Waals surface area (Å²) in [6.45, 7) is 0. The Morgan fingerprint density at radius 1 is 1.30 bits per heavy atom. The third-order valence-electron chi connectivity index (χ3n) is 4.85. The van der Waals surface area contributed by atoms with Crippen LogP contribution in [0.25, 0.3) is 5.69 Å². The quantitative estimate of drug-likeness (QED) is 0.489. The summed E-state index contributed by atoms with van der Waals surface area (Å²) in [5.41, 5.74) is -0.896. The van der Waals surface area contributed by atoms with E-state index >= 15 is 0 Å². The van der Waals surface area contributed by atoms with E-state index in [1.165, 1.54) is 42.4 Å². The fourth-order valence-corrected chi connectivity index (χ4v) is 3.45. The van der Waals surface area contributed by atoms with E-state index < -0.39 is 22.3 Å². The summed E-state index contributed by atoms with van der Waals surface area (Å²) >= 11 is 0. The highest BCUT2D eigenvalue weighted by Crippen LogP contribution is 2.30. The van der Waals surface area contributed by atoms with Crippen molar-refractivity contribution in [3.8, 4) is 5.69 Å². The Morgan fingerprint density at radius 3 is 2.63 bits per heavy atom. The van der Waals surface area contributed by atoms with E-state index in [1.54, 1.807) is 6.20 Å². The van der Waals surface area contributed by atoms with Gasteiger partial charge in [0.15, 0.2) is 0 Å². The van der Waals surface area contributed by atoms with Gasteiger partial charge in [-0.15, -0.1) is 0 Å². The molecule has 0 atom stereocenters. The number of rotatable bonds is 5. The molecule has 0 spiro atoms. The van der Waals surface area contributed by atoms with Crippen LogP contribution in [-0.2, 0) is 9.53 Å². The molecule has 1 amide bonds. The highest BCUT2D eigenvalue weighted by Gasteiger charge is 2.42. The minimum atomic E-state index is -1.08. The number of carbonyl (C=O) groups is 2. The molecular weight excluding hydrogens is 352 g/mol. The number of hydrogen-bond acceptors (Lipinski definition) is 6. The standard InChI is InChI=1S/C18H20N4O5/c1-27-17(24)18(7-3-2-4-8-18)20-16(23)13-5-6-14(15(11-13)22(25)26)21-10-9-19-12-21/h5-6,9-12H,2-4,7-8H2,1H3,(H,20,23). The van der Waals surface area contributed by atoms with Gasteiger partial charge in [-0.2, -0.15) is 0 Å². The topological polar surface area (TPSA) is 116 Å². The van der Waals surface area contributed by atoms with Crippen LogP contribution in [0.5, 0.6) is 0 Å². The number of carbonyl (C=O) groups excluding carboxylic acids is 2. The maximum Gasteiger partial charge on any atom is 0.331 e. The summed E-state index contributed by atoms with van der Waals surface area (Å²) in [6, 6.07) is 4.18. The first-order chi connectivity index (χ1) is 13.0. The van der Waals surface area contributed by atoms with E-state index in [-0.39, 0.29) is 11.3 Å². The van der Waals surface area contributed by atoms with Crippen molar-refractivity contribution in [1.29, 1.82) is 0 Å². The molecule has 1 aliphatic carbocycles. The van der Waals surface area contributed by atoms with Crippen LogP contribution in [0.2, 0.25) is 0 Å². The second-order valence-electron chi connectivity index (χ2n) is 6.52. The number of amides is 1. The van der Waals surface area contributed by atoms with Gasteiger partial charge in [-0.3, -0.25) is 14.9 Å². The summed E-state index contributed by atoms with van der Waals surface area (Å²) < 4.78 is 6.38. The lowest BCUT2D eigenvalue weighted by atomic mass is 9.81. The molecule has 27 heavy (non-hydrogen) atoms. The highest BCUT2D eigenvalue weighted by molar-refractivity contribution is 5.99. The number of nitro groups is 1. The van der Waals surface area contributed by atoms with Crippen LogP contribution in [-0.4, -0.2) is 39.0 Å². The van der Waals surface area contributed by atoms with Crippen molar-refractivity contribution in [3.63, 3.8) is 0 Å². The fraction of sp³-hybridized carbons (Fsp3) is 0.389. The molecule has 9 nitrogen and oxygen atoms in total. The molecule has 1 aromatic heterocycles. The Bertz CT molecular complexity index is 857. The first kappa shape index (κ1) is 18.6. The van der Waals surface area contributed by atoms with Crippen molar-refractivity contribution in [1.82, 2.24) is 14.9 Å². The second kappa shape index (κ2) is 7.56. The molecule has 0 bridgehead atoms. The highest BCUT2D eigenvalue weighted by atomic mass is 16.6. The van der Waals surface area contributed by atoms with Gasteiger partial charge in [-0.05, 0) is 25.0 Å². The summed E-state index contributed by atoms with van der Waals surface area (Å²) in [5.74, 6) is -1.03. The molecule has 0 unspecified atom stereocenters. The molecule has 9 heteroatoms. The van der Waals surface area contributed by atoms with Crippen LogP contribution in [0.1, 0.15) is 42.5 Å². The number of ether oxygens (including phenoxy) is 1. The van der Waals surface area contributed by atoms with E-state index in [0.29, 0.717) is 18.5 Å². The Balaban J connectivity index is 1.91. The van der Waals surface area contributed by atoms with Gasteiger partial charge in [0, 0.05) is 24.0 Å². The van der Waals surface area contributed by atoms with Crippen LogP contribution in [0.15, 0.2) is 36.9 Å². The monoisotopic (exact) mass is 372 g/mol. The van der Waals surface area contributed by atoms with E-state index in [9.17, 15) is 19.7 Å². The van der Waals surface area contributed by atoms with Crippen molar-refractivity contribution in [2.24, 2.45) is 0 Å². The number of imidazole rings is 1. The van der Waals surface area contributed by atoms with Gasteiger partial charge in [-0.25, -0.2) is 9.78 Å². The SMILES string of the molecule is COC(=O)C1(NC(=O)c2ccc(-n3ccnc3)c([N+](=O)[O-])c2)CCCCC1. The molecule has 1 heterocycles. The third kappa shape index (κ3) is 3.67. The lowest BCUT2D eigenvalue weighted by Gasteiger charge is -2.35. The minimum absolute atomic E-state index is 0.111. The lowest BCUT2D eigenvalue weighted by molar-refractivity contribution is -0.384. The largest absolute Gasteiger partial charge is 0.467 e. The Hall–Kier alpha value is -3.23. The predicted octanol–water partition coefficient (Wildman–Crippen LogP) is 2.39. The zero-order valence-corrected chi connectivity index (χ0v) is 14.9. The van der Waals surface area contributed by atoms with E-state index in [1.807, 2.05) is 0 Å². The number of nitrogens with one attached hydrogen (secondary N) is 1. The molecular formula is C18H20N4O5. The molecule has 142 valence electrons. The molecule has 3 rings (SSSR count). The van der Waals surface area contributed by atoms with Gasteiger partial charge in [0.25, 0.3) is 11.6 Å². The van der Waals surface area contributed by atoms with E-state index in [0.717, 1.165) is 19.3 Å². The van der Waals surface area contributed by atoms with Gasteiger partial charge in [0.05, 0.1) is 18.4 Å². The molecule has 1 N–H and O–H groups in total. The molecule has 0 radical (unpaired) electrons. The first-order valence-corrected chi connectivity index (χ1v) is 8.64. The van der Waals surface area contributed by atoms with Crippen LogP contribution in [0, 0.1) is 10.1 Å². The zero-order valence-electron chi connectivity index (χ0n) is 14.9. The lowest BCUT2D eigenvalue weighted by Crippen LogP contribution is -2.56. The summed E-state index contributed by atoms with van der Waals surface area (Å²) in [6.07, 6.45) is 8.09. The molecule has 1 fully saturated rings. The van der Waals surface area contributed by atoms with Crippen molar-refractivity contribution in [2.75, 3.05) is 7.11 Å². The Labute approximate surface area is 155 Å². The normalized spacial score (nSPS) is 15.7. The van der Waals surface area contributed by atoms with E-state index in [4.69, 9.17) is 4.74 Å². The van der Waals surface area contributed by atoms with Gasteiger partial charge >= 0.3 is 5.97 Å². The second-order valence-corrected chi connectivity index (χ2v) is 6.52. The first-order valence-electron chi connectivity index (χ1n) is 8.64. The molecule has 1 aliphatic rings. The minimum Gasteiger partial charge on any atom is -0.467 e. The number of benzene rings is 1.